The van der Waals surface area contributed by atoms with Gasteiger partial charge in [-0.05, 0) is 36.8 Å². The molecule has 0 bridgehead atoms. The maximum atomic E-state index is 12.3. The monoisotopic (exact) mass is 374 g/mol. The number of hydrogen-bond acceptors (Lipinski definition) is 6. The molecule has 0 aliphatic carbocycles. The van der Waals surface area contributed by atoms with Gasteiger partial charge in [-0.1, -0.05) is 12.1 Å². The molecule has 0 spiro atoms. The lowest BCUT2D eigenvalue weighted by Gasteiger charge is -2.24. The van der Waals surface area contributed by atoms with E-state index in [4.69, 9.17) is 18.9 Å². The summed E-state index contributed by atoms with van der Waals surface area (Å²) < 4.78 is 21.1. The van der Waals surface area contributed by atoms with Crippen molar-refractivity contribution in [3.05, 3.63) is 42.0 Å². The Kier molecular flexibility index (Phi) is 5.27. The highest BCUT2D eigenvalue weighted by molar-refractivity contribution is 5.91. The van der Waals surface area contributed by atoms with Gasteiger partial charge in [-0.15, -0.1) is 0 Å². The van der Waals surface area contributed by atoms with Crippen LogP contribution >= 0.6 is 0 Å². The van der Waals surface area contributed by atoms with Crippen LogP contribution in [0.4, 0.5) is 10.5 Å². The predicted octanol–water partition coefficient (Wildman–Crippen LogP) is 2.46. The van der Waals surface area contributed by atoms with Crippen molar-refractivity contribution in [1.82, 2.24) is 5.32 Å². The van der Waals surface area contributed by atoms with Gasteiger partial charge in [0.25, 0.3) is 0 Å². The molecule has 144 valence electrons. The van der Waals surface area contributed by atoms with Gasteiger partial charge in [0, 0.05) is 0 Å². The lowest BCUT2D eigenvalue weighted by Crippen LogP contribution is -2.40. The maximum absolute atomic E-state index is 12.3. The number of benzene rings is 2. The number of nitrogens with one attached hydrogen (secondary N) is 2. The maximum Gasteiger partial charge on any atom is 0.319 e. The molecule has 2 aromatic rings. The van der Waals surface area contributed by atoms with Crippen LogP contribution in [0.25, 0.3) is 0 Å². The number of amides is 2. The Morgan fingerprint density at radius 3 is 2.70 bits per heavy atom. The summed E-state index contributed by atoms with van der Waals surface area (Å²) in [6, 6.07) is 9.84. The van der Waals surface area contributed by atoms with Crippen LogP contribution < -0.4 is 29.6 Å². The van der Waals surface area contributed by atoms with Gasteiger partial charge in [-0.2, -0.15) is 0 Å². The molecule has 1 aliphatic heterocycles. The lowest BCUT2D eigenvalue weighted by molar-refractivity contribution is 0.0597. The molecule has 8 nitrogen and oxygen atoms in total. The second kappa shape index (κ2) is 7.63. The summed E-state index contributed by atoms with van der Waals surface area (Å²) in [5.41, 5.74) is -0.236. The normalized spacial score (nSPS) is 14.2. The molecule has 1 atom stereocenters. The van der Waals surface area contributed by atoms with Crippen LogP contribution in [-0.2, 0) is 5.60 Å². The van der Waals surface area contributed by atoms with E-state index >= 15 is 0 Å². The number of carbonyl (C=O) groups excluding carboxylic acids is 1. The molecule has 0 aromatic heterocycles. The highest BCUT2D eigenvalue weighted by Crippen LogP contribution is 2.36. The number of rotatable bonds is 6. The molecule has 0 radical (unpaired) electrons. The fourth-order valence-electron chi connectivity index (χ4n) is 2.74. The van der Waals surface area contributed by atoms with E-state index in [0.717, 1.165) is 0 Å². The van der Waals surface area contributed by atoms with Crippen LogP contribution in [-0.4, -0.2) is 38.7 Å². The van der Waals surface area contributed by atoms with E-state index in [0.29, 0.717) is 34.2 Å². The van der Waals surface area contributed by atoms with Crippen LogP contribution in [0.15, 0.2) is 36.4 Å². The van der Waals surface area contributed by atoms with Crippen molar-refractivity contribution in [2.24, 2.45) is 0 Å². The first-order valence-electron chi connectivity index (χ1n) is 8.33. The van der Waals surface area contributed by atoms with Crippen molar-refractivity contribution in [3.63, 3.8) is 0 Å². The minimum atomic E-state index is -1.29. The van der Waals surface area contributed by atoms with Gasteiger partial charge in [0.15, 0.2) is 23.0 Å². The fraction of sp³-hybridized carbons (Fsp3) is 0.316. The van der Waals surface area contributed by atoms with Crippen LogP contribution in [0.1, 0.15) is 12.5 Å². The molecular weight excluding hydrogens is 352 g/mol. The average Bonchev–Trinajstić information content (AvgIpc) is 3.14. The first kappa shape index (κ1) is 18.7. The minimum Gasteiger partial charge on any atom is -0.493 e. The van der Waals surface area contributed by atoms with Gasteiger partial charge in [-0.25, -0.2) is 4.79 Å². The van der Waals surface area contributed by atoms with E-state index in [2.05, 4.69) is 10.6 Å². The topological polar surface area (TPSA) is 98.3 Å². The molecular formula is C19H22N2O6. The first-order chi connectivity index (χ1) is 12.9. The molecule has 8 heteroatoms. The van der Waals surface area contributed by atoms with E-state index < -0.39 is 11.6 Å². The van der Waals surface area contributed by atoms with Crippen molar-refractivity contribution in [1.29, 1.82) is 0 Å². The number of urea groups is 1. The molecule has 1 heterocycles. The Morgan fingerprint density at radius 2 is 1.96 bits per heavy atom. The van der Waals surface area contributed by atoms with E-state index in [9.17, 15) is 9.90 Å². The van der Waals surface area contributed by atoms with Crippen molar-refractivity contribution in [2.75, 3.05) is 32.9 Å². The number of fused-ring (bicyclic) bond motifs is 1. The van der Waals surface area contributed by atoms with Gasteiger partial charge in [-0.3, -0.25) is 0 Å². The van der Waals surface area contributed by atoms with E-state index in [-0.39, 0.29) is 13.3 Å². The number of ether oxygens (including phenoxy) is 4. The Morgan fingerprint density at radius 1 is 1.19 bits per heavy atom. The zero-order valence-electron chi connectivity index (χ0n) is 15.4. The van der Waals surface area contributed by atoms with Crippen LogP contribution in [0.5, 0.6) is 23.0 Å². The standard InChI is InChI=1S/C19H22N2O6/c1-19(23,12-7-8-14-16(9-12)27-11-26-14)10-20-18(22)21-13-5-4-6-15(24-2)17(13)25-3/h4-9,23H,10-11H2,1-3H3,(H2,20,21,22). The van der Waals surface area contributed by atoms with Crippen LogP contribution in [0.3, 0.4) is 0 Å². The highest BCUT2D eigenvalue weighted by atomic mass is 16.7. The predicted molar refractivity (Wildman–Crippen MR) is 98.7 cm³/mol. The molecule has 27 heavy (non-hydrogen) atoms. The van der Waals surface area contributed by atoms with Gasteiger partial charge >= 0.3 is 6.03 Å². The van der Waals surface area contributed by atoms with Crippen molar-refractivity contribution >= 4 is 11.7 Å². The summed E-state index contributed by atoms with van der Waals surface area (Å²) in [5.74, 6) is 2.11. The zero-order chi connectivity index (χ0) is 19.4. The Balaban J connectivity index is 1.65. The Labute approximate surface area is 157 Å². The molecule has 3 rings (SSSR count). The molecule has 3 N–H and O–H groups in total. The second-order valence-electron chi connectivity index (χ2n) is 6.19. The van der Waals surface area contributed by atoms with Gasteiger partial charge in [0.05, 0.1) is 26.5 Å². The molecule has 0 saturated carbocycles. The van der Waals surface area contributed by atoms with Gasteiger partial charge in [0.1, 0.15) is 5.60 Å². The highest BCUT2D eigenvalue weighted by Gasteiger charge is 2.27. The van der Waals surface area contributed by atoms with Crippen LogP contribution in [0.2, 0.25) is 0 Å². The number of anilines is 1. The minimum absolute atomic E-state index is 0.00917. The second-order valence-corrected chi connectivity index (χ2v) is 6.19. The lowest BCUT2D eigenvalue weighted by atomic mass is 9.95. The average molecular weight is 374 g/mol. The van der Waals surface area contributed by atoms with Gasteiger partial charge < -0.3 is 34.7 Å². The number of carbonyl (C=O) groups is 1. The van der Waals surface area contributed by atoms with Crippen molar-refractivity contribution < 1.29 is 28.8 Å². The Hall–Kier alpha value is -3.13. The quantitative estimate of drug-likeness (QED) is 0.719. The van der Waals surface area contributed by atoms with Crippen LogP contribution in [0, 0.1) is 0 Å². The SMILES string of the molecule is COc1cccc(NC(=O)NCC(C)(O)c2ccc3c(c2)OCO3)c1OC. The third kappa shape index (κ3) is 4.01. The summed E-state index contributed by atoms with van der Waals surface area (Å²) in [7, 11) is 3.01. The Bertz CT molecular complexity index is 837. The summed E-state index contributed by atoms with van der Waals surface area (Å²) in [6.45, 7) is 1.76. The van der Waals surface area contributed by atoms with E-state index in [1.54, 1.807) is 43.3 Å². The molecule has 1 aliphatic rings. The number of aliphatic hydroxyl groups is 1. The molecule has 2 amide bonds. The third-order valence-corrected chi connectivity index (χ3v) is 4.24. The number of methoxy groups -OCH3 is 2. The number of hydrogen-bond donors (Lipinski definition) is 3. The number of para-hydroxylation sites is 1. The third-order valence-electron chi connectivity index (χ3n) is 4.24. The smallest absolute Gasteiger partial charge is 0.319 e. The molecule has 0 fully saturated rings. The zero-order valence-corrected chi connectivity index (χ0v) is 15.4. The van der Waals surface area contributed by atoms with Gasteiger partial charge in [0.2, 0.25) is 6.79 Å². The summed E-state index contributed by atoms with van der Waals surface area (Å²) in [5, 5.41) is 16.1. The van der Waals surface area contributed by atoms with E-state index in [1.165, 1.54) is 14.2 Å². The largest absolute Gasteiger partial charge is 0.493 e. The molecule has 0 saturated heterocycles. The first-order valence-corrected chi connectivity index (χ1v) is 8.33. The molecule has 1 unspecified atom stereocenters. The van der Waals surface area contributed by atoms with Crippen molar-refractivity contribution in [3.8, 4) is 23.0 Å². The summed E-state index contributed by atoms with van der Waals surface area (Å²) in [6.07, 6.45) is 0. The van der Waals surface area contributed by atoms with Crippen molar-refractivity contribution in [2.45, 2.75) is 12.5 Å². The summed E-state index contributed by atoms with van der Waals surface area (Å²) in [4.78, 5) is 12.3. The fourth-order valence-corrected chi connectivity index (χ4v) is 2.74. The molecule has 2 aromatic carbocycles. The van der Waals surface area contributed by atoms with E-state index in [1.807, 2.05) is 0 Å². The summed E-state index contributed by atoms with van der Waals surface area (Å²) >= 11 is 0.